The summed E-state index contributed by atoms with van der Waals surface area (Å²) in [5.41, 5.74) is 1.12. The molecule has 0 fully saturated rings. The minimum Gasteiger partial charge on any atom is -0.497 e. The SMILES string of the molecule is COc1ccc(C[C@H](NC(=O)Nc2ccc(Cl)cc2)c2ocnc2C(=O)O)cc1. The number of hydrogen-bond acceptors (Lipinski definition) is 5. The number of methoxy groups -OCH3 is 1. The number of oxazole rings is 1. The number of carboxylic acid groups (broad SMARTS) is 1. The van der Waals surface area contributed by atoms with Gasteiger partial charge in [-0.15, -0.1) is 0 Å². The Morgan fingerprint density at radius 3 is 2.48 bits per heavy atom. The van der Waals surface area contributed by atoms with Gasteiger partial charge in [0, 0.05) is 17.1 Å². The van der Waals surface area contributed by atoms with Crippen molar-refractivity contribution in [2.45, 2.75) is 12.5 Å². The van der Waals surface area contributed by atoms with E-state index in [1.807, 2.05) is 12.1 Å². The van der Waals surface area contributed by atoms with Crippen molar-refractivity contribution in [1.82, 2.24) is 10.3 Å². The normalized spacial score (nSPS) is 11.5. The van der Waals surface area contributed by atoms with Crippen LogP contribution in [0.25, 0.3) is 0 Å². The Balaban J connectivity index is 1.81. The van der Waals surface area contributed by atoms with Gasteiger partial charge in [0.15, 0.2) is 17.8 Å². The zero-order valence-electron chi connectivity index (χ0n) is 15.4. The third-order valence-corrected chi connectivity index (χ3v) is 4.37. The lowest BCUT2D eigenvalue weighted by molar-refractivity contribution is 0.0687. The number of nitrogens with one attached hydrogen (secondary N) is 2. The molecule has 1 atom stereocenters. The van der Waals surface area contributed by atoms with Gasteiger partial charge >= 0.3 is 12.0 Å². The lowest BCUT2D eigenvalue weighted by Gasteiger charge is -2.18. The number of aromatic nitrogens is 1. The third kappa shape index (κ3) is 5.26. The van der Waals surface area contributed by atoms with Crippen molar-refractivity contribution in [1.29, 1.82) is 0 Å². The molecule has 0 bridgehead atoms. The third-order valence-electron chi connectivity index (χ3n) is 4.12. The summed E-state index contributed by atoms with van der Waals surface area (Å²) in [5, 5.41) is 15.3. The highest BCUT2D eigenvalue weighted by Gasteiger charge is 2.26. The number of benzene rings is 2. The number of amides is 2. The maximum absolute atomic E-state index is 12.5. The van der Waals surface area contributed by atoms with Crippen molar-refractivity contribution in [3.8, 4) is 5.75 Å². The summed E-state index contributed by atoms with van der Waals surface area (Å²) in [6.45, 7) is 0. The average molecular weight is 416 g/mol. The van der Waals surface area contributed by atoms with Gasteiger partial charge in [-0.1, -0.05) is 23.7 Å². The Kier molecular flexibility index (Phi) is 6.36. The average Bonchev–Trinajstić information content (AvgIpc) is 3.20. The highest BCUT2D eigenvalue weighted by molar-refractivity contribution is 6.30. The fourth-order valence-electron chi connectivity index (χ4n) is 2.73. The van der Waals surface area contributed by atoms with E-state index in [0.29, 0.717) is 16.5 Å². The first-order valence-corrected chi connectivity index (χ1v) is 8.96. The van der Waals surface area contributed by atoms with Crippen molar-refractivity contribution in [3.05, 3.63) is 77.0 Å². The van der Waals surface area contributed by atoms with Crippen molar-refractivity contribution in [2.24, 2.45) is 0 Å². The molecule has 0 radical (unpaired) electrons. The van der Waals surface area contributed by atoms with Crippen LogP contribution in [-0.2, 0) is 6.42 Å². The van der Waals surface area contributed by atoms with E-state index in [-0.39, 0.29) is 17.9 Å². The van der Waals surface area contributed by atoms with Gasteiger partial charge in [0.1, 0.15) is 5.75 Å². The number of rotatable bonds is 7. The molecule has 8 nitrogen and oxygen atoms in total. The van der Waals surface area contributed by atoms with E-state index in [0.717, 1.165) is 12.0 Å². The quantitative estimate of drug-likeness (QED) is 0.534. The molecule has 9 heteroatoms. The van der Waals surface area contributed by atoms with Crippen molar-refractivity contribution >= 4 is 29.3 Å². The zero-order chi connectivity index (χ0) is 20.8. The van der Waals surface area contributed by atoms with E-state index in [1.54, 1.807) is 43.5 Å². The van der Waals surface area contributed by atoms with Gasteiger partial charge in [-0.25, -0.2) is 14.6 Å². The molecule has 0 saturated heterocycles. The molecule has 0 unspecified atom stereocenters. The number of carboxylic acids is 1. The summed E-state index contributed by atoms with van der Waals surface area (Å²) in [5.74, 6) is -0.502. The highest BCUT2D eigenvalue weighted by atomic mass is 35.5. The number of carbonyl (C=O) groups is 2. The molecule has 2 amide bonds. The minimum atomic E-state index is -1.24. The Bertz CT molecular complexity index is 986. The second kappa shape index (κ2) is 9.11. The van der Waals surface area contributed by atoms with Crippen LogP contribution in [0.2, 0.25) is 5.02 Å². The van der Waals surface area contributed by atoms with Crippen LogP contribution in [0.1, 0.15) is 27.9 Å². The zero-order valence-corrected chi connectivity index (χ0v) is 16.1. The summed E-state index contributed by atoms with van der Waals surface area (Å²) < 4.78 is 10.4. The summed E-state index contributed by atoms with van der Waals surface area (Å²) >= 11 is 5.85. The molecule has 0 aliphatic carbocycles. The topological polar surface area (TPSA) is 114 Å². The van der Waals surface area contributed by atoms with Crippen molar-refractivity contribution in [2.75, 3.05) is 12.4 Å². The van der Waals surface area contributed by atoms with E-state index >= 15 is 0 Å². The number of hydrogen-bond donors (Lipinski definition) is 3. The van der Waals surface area contributed by atoms with Crippen LogP contribution in [0.5, 0.6) is 5.75 Å². The molecule has 29 heavy (non-hydrogen) atoms. The molecule has 0 aliphatic heterocycles. The van der Waals surface area contributed by atoms with Crippen LogP contribution in [0, 0.1) is 0 Å². The molecule has 150 valence electrons. The molecular formula is C20H18ClN3O5. The second-order valence-corrected chi connectivity index (χ2v) is 6.52. The van der Waals surface area contributed by atoms with Gasteiger partial charge < -0.3 is 24.9 Å². The molecule has 0 saturated carbocycles. The van der Waals surface area contributed by atoms with Gasteiger partial charge in [0.25, 0.3) is 0 Å². The lowest BCUT2D eigenvalue weighted by Crippen LogP contribution is -2.34. The van der Waals surface area contributed by atoms with Crippen molar-refractivity contribution in [3.63, 3.8) is 0 Å². The standard InChI is InChI=1S/C20H18ClN3O5/c1-28-15-8-2-12(3-9-15)10-16(18-17(19(25)26)22-11-29-18)24-20(27)23-14-6-4-13(21)5-7-14/h2-9,11,16H,10H2,1H3,(H,25,26)(H2,23,24,27)/t16-/m0/s1. The Morgan fingerprint density at radius 2 is 1.86 bits per heavy atom. The molecule has 1 aromatic heterocycles. The highest BCUT2D eigenvalue weighted by Crippen LogP contribution is 2.24. The predicted molar refractivity (Wildman–Crippen MR) is 107 cm³/mol. The molecule has 0 aliphatic rings. The number of halogens is 1. The van der Waals surface area contributed by atoms with Gasteiger partial charge in [-0.2, -0.15) is 0 Å². The molecule has 3 aromatic rings. The fourth-order valence-corrected chi connectivity index (χ4v) is 2.85. The molecule has 2 aromatic carbocycles. The van der Waals surface area contributed by atoms with E-state index in [9.17, 15) is 14.7 Å². The summed E-state index contributed by atoms with van der Waals surface area (Å²) in [6.07, 6.45) is 1.33. The maximum Gasteiger partial charge on any atom is 0.358 e. The first-order chi connectivity index (χ1) is 14.0. The predicted octanol–water partition coefficient (Wildman–Crippen LogP) is 4.14. The van der Waals surface area contributed by atoms with Gasteiger partial charge in [-0.3, -0.25) is 0 Å². The summed E-state index contributed by atoms with van der Waals surface area (Å²) in [6, 6.07) is 12.5. The van der Waals surface area contributed by atoms with E-state index in [4.69, 9.17) is 20.8 Å². The monoisotopic (exact) mass is 415 g/mol. The molecule has 0 spiro atoms. The molecule has 3 N–H and O–H groups in total. The Morgan fingerprint density at radius 1 is 1.17 bits per heavy atom. The number of nitrogens with zero attached hydrogens (tertiary/aromatic N) is 1. The number of ether oxygens (including phenoxy) is 1. The van der Waals surface area contributed by atoms with Gasteiger partial charge in [0.2, 0.25) is 0 Å². The largest absolute Gasteiger partial charge is 0.497 e. The van der Waals surface area contributed by atoms with Crippen LogP contribution in [-0.4, -0.2) is 29.2 Å². The maximum atomic E-state index is 12.5. The van der Waals surface area contributed by atoms with E-state index < -0.39 is 18.0 Å². The van der Waals surface area contributed by atoms with Crippen LogP contribution in [0.4, 0.5) is 10.5 Å². The number of anilines is 1. The summed E-state index contributed by atoms with van der Waals surface area (Å²) in [7, 11) is 1.56. The van der Waals surface area contributed by atoms with E-state index in [1.165, 1.54) is 0 Å². The molecule has 1 heterocycles. The number of aromatic carboxylic acids is 1. The molecule has 3 rings (SSSR count). The van der Waals surface area contributed by atoms with Crippen LogP contribution in [0.3, 0.4) is 0 Å². The van der Waals surface area contributed by atoms with Crippen LogP contribution >= 0.6 is 11.6 Å². The first-order valence-electron chi connectivity index (χ1n) is 8.59. The number of urea groups is 1. The summed E-state index contributed by atoms with van der Waals surface area (Å²) in [4.78, 5) is 27.7. The fraction of sp³-hybridized carbons (Fsp3) is 0.150. The van der Waals surface area contributed by atoms with Gasteiger partial charge in [0.05, 0.1) is 13.2 Å². The van der Waals surface area contributed by atoms with Crippen LogP contribution < -0.4 is 15.4 Å². The minimum absolute atomic E-state index is 0.0552. The Hall–Kier alpha value is -3.52. The second-order valence-electron chi connectivity index (χ2n) is 6.08. The van der Waals surface area contributed by atoms with Crippen LogP contribution in [0.15, 0.2) is 59.3 Å². The molecular weight excluding hydrogens is 398 g/mol. The van der Waals surface area contributed by atoms with Crippen molar-refractivity contribution < 1.29 is 23.8 Å². The first kappa shape index (κ1) is 20.2. The Labute approximate surface area is 171 Å². The van der Waals surface area contributed by atoms with E-state index in [2.05, 4.69) is 15.6 Å². The smallest absolute Gasteiger partial charge is 0.358 e. The number of carbonyl (C=O) groups excluding carboxylic acids is 1. The lowest BCUT2D eigenvalue weighted by atomic mass is 10.0. The van der Waals surface area contributed by atoms with Gasteiger partial charge in [-0.05, 0) is 42.0 Å².